The number of halogens is 1. The first-order valence-corrected chi connectivity index (χ1v) is 11.8. The quantitative estimate of drug-likeness (QED) is 0.560. The summed E-state index contributed by atoms with van der Waals surface area (Å²) >= 11 is 6.29. The number of morpholine rings is 1. The summed E-state index contributed by atoms with van der Waals surface area (Å²) in [7, 11) is 0. The lowest BCUT2D eigenvalue weighted by Crippen LogP contribution is -2.38. The molecule has 1 aromatic heterocycles. The standard InChI is InChI=1S/C26H27ClN2O4/c1-16-13-17(2)21-20(14-16)33-25-22(24(21)30)23(18-5-3-6-19(27)15-18)29(26(25)31)8-4-7-28-9-11-32-12-10-28/h3,5-6,13-15,23H,4,7-12H2,1-2H3/t23-/m0/s1. The first kappa shape index (κ1) is 22.1. The van der Waals surface area contributed by atoms with E-state index in [0.717, 1.165) is 56.0 Å². The summed E-state index contributed by atoms with van der Waals surface area (Å²) in [6, 6.07) is 10.7. The number of amides is 1. The molecule has 5 rings (SSSR count). The molecule has 1 saturated heterocycles. The molecule has 0 saturated carbocycles. The third-order valence-electron chi connectivity index (χ3n) is 6.55. The average Bonchev–Trinajstić information content (AvgIpc) is 3.06. The van der Waals surface area contributed by atoms with E-state index in [-0.39, 0.29) is 17.1 Å². The SMILES string of the molecule is Cc1cc(C)c2c(=O)c3c(oc2c1)C(=O)N(CCCN1CCOCC1)[C@H]3c1cccc(Cl)c1. The third-order valence-corrected chi connectivity index (χ3v) is 6.79. The van der Waals surface area contributed by atoms with Crippen molar-refractivity contribution in [1.29, 1.82) is 0 Å². The fourth-order valence-corrected chi connectivity index (χ4v) is 5.26. The fourth-order valence-electron chi connectivity index (χ4n) is 5.06. The highest BCUT2D eigenvalue weighted by molar-refractivity contribution is 6.30. The van der Waals surface area contributed by atoms with Crippen LogP contribution in [0.3, 0.4) is 0 Å². The molecule has 6 nitrogen and oxygen atoms in total. The average molecular weight is 467 g/mol. The molecule has 0 bridgehead atoms. The van der Waals surface area contributed by atoms with Gasteiger partial charge in [0, 0.05) is 31.2 Å². The van der Waals surface area contributed by atoms with E-state index in [9.17, 15) is 9.59 Å². The van der Waals surface area contributed by atoms with Gasteiger partial charge < -0.3 is 14.1 Å². The monoisotopic (exact) mass is 466 g/mol. The van der Waals surface area contributed by atoms with Crippen molar-refractivity contribution < 1.29 is 13.9 Å². The Hall–Kier alpha value is -2.67. The maximum atomic E-state index is 13.7. The van der Waals surface area contributed by atoms with Crippen LogP contribution in [0.5, 0.6) is 0 Å². The molecule has 3 heterocycles. The zero-order valence-corrected chi connectivity index (χ0v) is 19.7. The van der Waals surface area contributed by atoms with E-state index < -0.39 is 6.04 Å². The maximum Gasteiger partial charge on any atom is 0.290 e. The zero-order chi connectivity index (χ0) is 23.1. The number of hydrogen-bond acceptors (Lipinski definition) is 5. The highest BCUT2D eigenvalue weighted by Crippen LogP contribution is 2.39. The predicted molar refractivity (Wildman–Crippen MR) is 128 cm³/mol. The van der Waals surface area contributed by atoms with Crippen molar-refractivity contribution in [2.75, 3.05) is 39.4 Å². The van der Waals surface area contributed by atoms with Gasteiger partial charge in [0.2, 0.25) is 5.76 Å². The summed E-state index contributed by atoms with van der Waals surface area (Å²) in [4.78, 5) is 31.4. The minimum atomic E-state index is -0.516. The van der Waals surface area contributed by atoms with Gasteiger partial charge in [-0.25, -0.2) is 0 Å². The van der Waals surface area contributed by atoms with Crippen molar-refractivity contribution in [3.63, 3.8) is 0 Å². The van der Waals surface area contributed by atoms with Crippen LogP contribution in [0, 0.1) is 13.8 Å². The van der Waals surface area contributed by atoms with Crippen LogP contribution < -0.4 is 5.43 Å². The number of fused-ring (bicyclic) bond motifs is 2. The molecular weight excluding hydrogens is 440 g/mol. The van der Waals surface area contributed by atoms with Gasteiger partial charge in [-0.2, -0.15) is 0 Å². The first-order valence-electron chi connectivity index (χ1n) is 11.4. The molecule has 172 valence electrons. The molecule has 0 N–H and O–H groups in total. The second-order valence-electron chi connectivity index (χ2n) is 8.89. The smallest absolute Gasteiger partial charge is 0.290 e. The van der Waals surface area contributed by atoms with Crippen LogP contribution in [0.15, 0.2) is 45.6 Å². The Bertz CT molecular complexity index is 1280. The summed E-state index contributed by atoms with van der Waals surface area (Å²) in [6.45, 7) is 8.52. The molecule has 1 fully saturated rings. The van der Waals surface area contributed by atoms with Gasteiger partial charge in [-0.05, 0) is 55.2 Å². The molecule has 3 aromatic rings. The molecule has 2 aromatic carbocycles. The van der Waals surface area contributed by atoms with E-state index in [1.54, 1.807) is 11.0 Å². The summed E-state index contributed by atoms with van der Waals surface area (Å²) in [5.41, 5.74) is 3.39. The largest absolute Gasteiger partial charge is 0.450 e. The number of rotatable bonds is 5. The van der Waals surface area contributed by atoms with Crippen LogP contribution >= 0.6 is 11.6 Å². The lowest BCUT2D eigenvalue weighted by molar-refractivity contribution is 0.0353. The van der Waals surface area contributed by atoms with E-state index in [4.69, 9.17) is 20.8 Å². The topological polar surface area (TPSA) is 63.0 Å². The van der Waals surface area contributed by atoms with E-state index in [2.05, 4.69) is 4.90 Å². The van der Waals surface area contributed by atoms with Crippen molar-refractivity contribution in [3.05, 3.63) is 79.7 Å². The lowest BCUT2D eigenvalue weighted by Gasteiger charge is -2.29. The van der Waals surface area contributed by atoms with Gasteiger partial charge in [-0.15, -0.1) is 0 Å². The van der Waals surface area contributed by atoms with Gasteiger partial charge in [-0.3, -0.25) is 14.5 Å². The summed E-state index contributed by atoms with van der Waals surface area (Å²) in [5.74, 6) is -0.0936. The predicted octanol–water partition coefficient (Wildman–Crippen LogP) is 4.33. The summed E-state index contributed by atoms with van der Waals surface area (Å²) in [5, 5.41) is 1.10. The normalized spacial score (nSPS) is 18.8. The molecule has 0 unspecified atom stereocenters. The van der Waals surface area contributed by atoms with Crippen LogP contribution in [0.2, 0.25) is 5.02 Å². The molecule has 2 aliphatic heterocycles. The Morgan fingerprint density at radius 3 is 2.61 bits per heavy atom. The number of benzene rings is 2. The van der Waals surface area contributed by atoms with Gasteiger partial charge in [0.15, 0.2) is 5.43 Å². The minimum Gasteiger partial charge on any atom is -0.450 e. The van der Waals surface area contributed by atoms with Crippen molar-refractivity contribution >= 4 is 28.5 Å². The molecular formula is C26H27ClN2O4. The van der Waals surface area contributed by atoms with Gasteiger partial charge in [0.05, 0.1) is 30.2 Å². The first-order chi connectivity index (χ1) is 15.9. The van der Waals surface area contributed by atoms with E-state index in [0.29, 0.717) is 28.1 Å². The van der Waals surface area contributed by atoms with Crippen molar-refractivity contribution in [2.45, 2.75) is 26.3 Å². The zero-order valence-electron chi connectivity index (χ0n) is 18.9. The third kappa shape index (κ3) is 4.07. The summed E-state index contributed by atoms with van der Waals surface area (Å²) in [6.07, 6.45) is 0.794. The number of ether oxygens (including phenoxy) is 1. The van der Waals surface area contributed by atoms with Crippen LogP contribution in [0.25, 0.3) is 11.0 Å². The molecule has 33 heavy (non-hydrogen) atoms. The molecule has 0 aliphatic carbocycles. The van der Waals surface area contributed by atoms with Gasteiger partial charge in [0.25, 0.3) is 5.91 Å². The van der Waals surface area contributed by atoms with Crippen molar-refractivity contribution in [2.24, 2.45) is 0 Å². The lowest BCUT2D eigenvalue weighted by atomic mass is 9.97. The second kappa shape index (κ2) is 8.93. The minimum absolute atomic E-state index is 0.141. The number of nitrogens with zero attached hydrogens (tertiary/aromatic N) is 2. The number of aryl methyl sites for hydroxylation is 2. The number of carbonyl (C=O) groups excluding carboxylic acids is 1. The van der Waals surface area contributed by atoms with Crippen LogP contribution in [-0.2, 0) is 4.74 Å². The Labute approximate surface area is 197 Å². The van der Waals surface area contributed by atoms with Crippen LogP contribution in [0.4, 0.5) is 0 Å². The van der Waals surface area contributed by atoms with E-state index >= 15 is 0 Å². The van der Waals surface area contributed by atoms with Gasteiger partial charge >= 0.3 is 0 Å². The van der Waals surface area contributed by atoms with E-state index in [1.165, 1.54) is 0 Å². The Morgan fingerprint density at radius 1 is 1.06 bits per heavy atom. The molecule has 1 amide bonds. The molecule has 2 aliphatic rings. The highest BCUT2D eigenvalue weighted by Gasteiger charge is 2.42. The molecule has 7 heteroatoms. The Morgan fingerprint density at radius 2 is 1.85 bits per heavy atom. The Kier molecular flexibility index (Phi) is 5.99. The number of carbonyl (C=O) groups is 1. The molecule has 1 atom stereocenters. The maximum absolute atomic E-state index is 13.7. The Balaban J connectivity index is 1.57. The van der Waals surface area contributed by atoms with Crippen LogP contribution in [0.1, 0.15) is 45.3 Å². The molecule has 0 radical (unpaired) electrons. The fraction of sp³-hybridized carbons (Fsp3) is 0.385. The highest BCUT2D eigenvalue weighted by atomic mass is 35.5. The van der Waals surface area contributed by atoms with Crippen molar-refractivity contribution in [3.8, 4) is 0 Å². The molecule has 0 spiro atoms. The summed E-state index contributed by atoms with van der Waals surface area (Å²) < 4.78 is 11.5. The number of hydrogen-bond donors (Lipinski definition) is 0. The van der Waals surface area contributed by atoms with Gasteiger partial charge in [0.1, 0.15) is 5.58 Å². The van der Waals surface area contributed by atoms with Crippen molar-refractivity contribution in [1.82, 2.24) is 9.80 Å². The van der Waals surface area contributed by atoms with E-state index in [1.807, 2.05) is 44.2 Å². The second-order valence-corrected chi connectivity index (χ2v) is 9.33. The van der Waals surface area contributed by atoms with Crippen LogP contribution in [-0.4, -0.2) is 55.1 Å². The van der Waals surface area contributed by atoms with Gasteiger partial charge in [-0.1, -0.05) is 29.8 Å².